The van der Waals surface area contributed by atoms with Crippen molar-refractivity contribution in [2.24, 2.45) is 11.7 Å². The van der Waals surface area contributed by atoms with Crippen LogP contribution in [0, 0.1) is 17.2 Å². The Morgan fingerprint density at radius 1 is 1.67 bits per heavy atom. The van der Waals surface area contributed by atoms with E-state index in [-0.39, 0.29) is 0 Å². The van der Waals surface area contributed by atoms with Crippen LogP contribution in [0.2, 0.25) is 0 Å². The Morgan fingerprint density at radius 2 is 2.25 bits per heavy atom. The van der Waals surface area contributed by atoms with Crippen molar-refractivity contribution in [2.45, 2.75) is 20.3 Å². The molecule has 0 fully saturated rings. The molecular formula is C8H15N3O. The minimum Gasteiger partial charge on any atom is -0.351 e. The first-order valence-corrected chi connectivity index (χ1v) is 3.99. The van der Waals surface area contributed by atoms with E-state index < -0.39 is 6.03 Å². The number of amides is 2. The highest BCUT2D eigenvalue weighted by atomic mass is 16.2. The third-order valence-corrected chi connectivity index (χ3v) is 1.39. The van der Waals surface area contributed by atoms with Crippen LogP contribution in [0.3, 0.4) is 0 Å². The Hall–Kier alpha value is -1.24. The molecule has 2 amide bonds. The molecule has 0 aliphatic rings. The number of carbonyl (C=O) groups is 1. The highest BCUT2D eigenvalue weighted by Gasteiger charge is 2.09. The minimum absolute atomic E-state index is 0.343. The summed E-state index contributed by atoms with van der Waals surface area (Å²) >= 11 is 0. The number of nitriles is 1. The Morgan fingerprint density at radius 3 is 2.58 bits per heavy atom. The lowest BCUT2D eigenvalue weighted by atomic mass is 10.2. The van der Waals surface area contributed by atoms with Crippen LogP contribution in [0.5, 0.6) is 0 Å². The molecule has 0 spiro atoms. The topological polar surface area (TPSA) is 70.1 Å². The van der Waals surface area contributed by atoms with Crippen LogP contribution in [0.25, 0.3) is 0 Å². The maximum absolute atomic E-state index is 10.8. The van der Waals surface area contributed by atoms with Gasteiger partial charge in [-0.15, -0.1) is 0 Å². The van der Waals surface area contributed by atoms with Crippen LogP contribution in [0.1, 0.15) is 20.3 Å². The maximum atomic E-state index is 10.8. The third kappa shape index (κ3) is 4.56. The van der Waals surface area contributed by atoms with Gasteiger partial charge >= 0.3 is 6.03 Å². The molecule has 0 saturated heterocycles. The summed E-state index contributed by atoms with van der Waals surface area (Å²) in [6.45, 7) is 5.06. The predicted molar refractivity (Wildman–Crippen MR) is 46.2 cm³/mol. The van der Waals surface area contributed by atoms with Gasteiger partial charge in [-0.25, -0.2) is 4.79 Å². The van der Waals surface area contributed by atoms with Crippen LogP contribution >= 0.6 is 0 Å². The fourth-order valence-corrected chi connectivity index (χ4v) is 0.917. The number of nitrogens with two attached hydrogens (primary N) is 1. The largest absolute Gasteiger partial charge is 0.351 e. The van der Waals surface area contributed by atoms with Crippen molar-refractivity contribution in [1.82, 2.24) is 4.90 Å². The number of urea groups is 1. The van der Waals surface area contributed by atoms with Gasteiger partial charge in [0.05, 0.1) is 12.5 Å². The van der Waals surface area contributed by atoms with E-state index in [1.807, 2.05) is 19.9 Å². The average molecular weight is 169 g/mol. The van der Waals surface area contributed by atoms with Crippen molar-refractivity contribution in [2.75, 3.05) is 13.1 Å². The molecule has 0 aromatic rings. The van der Waals surface area contributed by atoms with Crippen LogP contribution in [0.4, 0.5) is 4.79 Å². The van der Waals surface area contributed by atoms with E-state index in [4.69, 9.17) is 11.0 Å². The molecule has 0 radical (unpaired) electrons. The molecule has 0 saturated carbocycles. The molecule has 2 N–H and O–H groups in total. The molecule has 0 bridgehead atoms. The van der Waals surface area contributed by atoms with Gasteiger partial charge in [0.1, 0.15) is 0 Å². The predicted octanol–water partition coefficient (Wildman–Crippen LogP) is 0.937. The number of nitrogens with zero attached hydrogens (tertiary/aromatic N) is 2. The molecule has 0 aromatic heterocycles. The Kier molecular flexibility index (Phi) is 4.86. The number of primary amides is 1. The molecule has 0 rings (SSSR count). The van der Waals surface area contributed by atoms with Crippen LogP contribution in [-0.2, 0) is 0 Å². The van der Waals surface area contributed by atoms with E-state index in [1.165, 1.54) is 4.90 Å². The zero-order valence-electron chi connectivity index (χ0n) is 7.58. The van der Waals surface area contributed by atoms with E-state index in [9.17, 15) is 4.79 Å². The molecular weight excluding hydrogens is 154 g/mol. The molecule has 68 valence electrons. The number of hydrogen-bond donors (Lipinski definition) is 1. The normalized spacial score (nSPS) is 9.50. The third-order valence-electron chi connectivity index (χ3n) is 1.39. The molecule has 0 heterocycles. The van der Waals surface area contributed by atoms with Crippen LogP contribution in [0.15, 0.2) is 0 Å². The smallest absolute Gasteiger partial charge is 0.314 e. The van der Waals surface area contributed by atoms with Gasteiger partial charge in [-0.1, -0.05) is 13.8 Å². The number of carbonyl (C=O) groups excluding carboxylic acids is 1. The number of rotatable bonds is 4. The fraction of sp³-hybridized carbons (Fsp3) is 0.750. The maximum Gasteiger partial charge on any atom is 0.314 e. The van der Waals surface area contributed by atoms with Crippen molar-refractivity contribution in [1.29, 1.82) is 5.26 Å². The molecule has 12 heavy (non-hydrogen) atoms. The molecule has 0 aliphatic heterocycles. The second-order valence-corrected chi connectivity index (χ2v) is 3.09. The second kappa shape index (κ2) is 5.42. The van der Waals surface area contributed by atoms with Gasteiger partial charge in [0.25, 0.3) is 0 Å². The lowest BCUT2D eigenvalue weighted by molar-refractivity contribution is 0.202. The highest BCUT2D eigenvalue weighted by molar-refractivity contribution is 5.71. The summed E-state index contributed by atoms with van der Waals surface area (Å²) in [5.74, 6) is 0.385. The quantitative estimate of drug-likeness (QED) is 0.680. The molecule has 0 atom stereocenters. The minimum atomic E-state index is -0.445. The first kappa shape index (κ1) is 10.8. The zero-order chi connectivity index (χ0) is 9.56. The summed E-state index contributed by atoms with van der Waals surface area (Å²) in [6, 6.07) is 1.53. The standard InChI is InChI=1S/C8H15N3O/c1-7(2)6-11(8(10)12)5-3-4-9/h7H,3,5-6H2,1-2H3,(H2,10,12). The summed E-state index contributed by atoms with van der Waals surface area (Å²) in [4.78, 5) is 12.3. The lowest BCUT2D eigenvalue weighted by Gasteiger charge is -2.20. The molecule has 0 unspecified atom stereocenters. The summed E-state index contributed by atoms with van der Waals surface area (Å²) < 4.78 is 0. The van der Waals surface area contributed by atoms with Gasteiger partial charge < -0.3 is 10.6 Å². The molecule has 4 heteroatoms. The summed E-state index contributed by atoms with van der Waals surface area (Å²) in [5, 5.41) is 8.30. The van der Waals surface area contributed by atoms with Crippen molar-refractivity contribution in [3.05, 3.63) is 0 Å². The Balaban J connectivity index is 3.89. The van der Waals surface area contributed by atoms with Gasteiger partial charge in [0.15, 0.2) is 0 Å². The Bertz CT molecular complexity index is 183. The van der Waals surface area contributed by atoms with Crippen LogP contribution < -0.4 is 5.73 Å². The van der Waals surface area contributed by atoms with Gasteiger partial charge in [-0.2, -0.15) is 5.26 Å². The second-order valence-electron chi connectivity index (χ2n) is 3.09. The number of hydrogen-bond acceptors (Lipinski definition) is 2. The average Bonchev–Trinajstić information content (AvgIpc) is 1.96. The van der Waals surface area contributed by atoms with Gasteiger partial charge in [0, 0.05) is 13.1 Å². The van der Waals surface area contributed by atoms with E-state index >= 15 is 0 Å². The first-order valence-electron chi connectivity index (χ1n) is 3.99. The van der Waals surface area contributed by atoms with E-state index in [0.717, 1.165) is 0 Å². The molecule has 0 aliphatic carbocycles. The summed E-state index contributed by atoms with van der Waals surface area (Å²) in [6.07, 6.45) is 0.343. The highest BCUT2D eigenvalue weighted by Crippen LogP contribution is 1.98. The van der Waals surface area contributed by atoms with E-state index in [0.29, 0.717) is 25.4 Å². The van der Waals surface area contributed by atoms with Gasteiger partial charge in [0.2, 0.25) is 0 Å². The van der Waals surface area contributed by atoms with Crippen molar-refractivity contribution >= 4 is 6.03 Å². The monoisotopic (exact) mass is 169 g/mol. The molecule has 0 aromatic carbocycles. The summed E-state index contributed by atoms with van der Waals surface area (Å²) in [5.41, 5.74) is 5.10. The zero-order valence-corrected chi connectivity index (χ0v) is 7.58. The first-order chi connectivity index (χ1) is 5.57. The van der Waals surface area contributed by atoms with E-state index in [1.54, 1.807) is 0 Å². The van der Waals surface area contributed by atoms with Gasteiger partial charge in [-0.3, -0.25) is 0 Å². The lowest BCUT2D eigenvalue weighted by Crippen LogP contribution is -2.38. The Labute approximate surface area is 72.9 Å². The van der Waals surface area contributed by atoms with Crippen LogP contribution in [-0.4, -0.2) is 24.0 Å². The molecule has 4 nitrogen and oxygen atoms in total. The van der Waals surface area contributed by atoms with Gasteiger partial charge in [-0.05, 0) is 5.92 Å². The van der Waals surface area contributed by atoms with Crippen molar-refractivity contribution in [3.63, 3.8) is 0 Å². The SMILES string of the molecule is CC(C)CN(CCC#N)C(N)=O. The van der Waals surface area contributed by atoms with Crippen molar-refractivity contribution < 1.29 is 4.79 Å². The summed E-state index contributed by atoms with van der Waals surface area (Å²) in [7, 11) is 0. The van der Waals surface area contributed by atoms with Crippen molar-refractivity contribution in [3.8, 4) is 6.07 Å². The van der Waals surface area contributed by atoms with E-state index in [2.05, 4.69) is 0 Å². The fourth-order valence-electron chi connectivity index (χ4n) is 0.917.